The Hall–Kier alpha value is -3.83. The van der Waals surface area contributed by atoms with Gasteiger partial charge in [-0.25, -0.2) is 4.79 Å². The van der Waals surface area contributed by atoms with Crippen molar-refractivity contribution in [1.29, 1.82) is 0 Å². The van der Waals surface area contributed by atoms with Crippen LogP contribution in [0.2, 0.25) is 5.02 Å². The summed E-state index contributed by atoms with van der Waals surface area (Å²) in [4.78, 5) is 66.7. The Morgan fingerprint density at radius 3 is 2.56 bits per heavy atom. The van der Waals surface area contributed by atoms with E-state index < -0.39 is 57.4 Å². The highest BCUT2D eigenvalue weighted by Crippen LogP contribution is 2.50. The van der Waals surface area contributed by atoms with Gasteiger partial charge in [0, 0.05) is 27.9 Å². The number of hydrogen-bond acceptors (Lipinski definition) is 6. The van der Waals surface area contributed by atoms with Gasteiger partial charge >= 0.3 is 5.97 Å². The number of aromatic nitrogens is 1. The number of aliphatic carboxylic acids is 1. The topological polar surface area (TPSA) is 138 Å². The molecule has 0 aliphatic carbocycles. The smallest absolute Gasteiger partial charge is 0.327 e. The summed E-state index contributed by atoms with van der Waals surface area (Å²) in [6.45, 7) is 4.11. The predicted octanol–water partition coefficient (Wildman–Crippen LogP) is 2.70. The minimum absolute atomic E-state index is 0.107. The fraction of sp³-hybridized carbons (Fsp3) is 0.345. The minimum Gasteiger partial charge on any atom is -0.480 e. The molecule has 0 bridgehead atoms. The number of aryl methyl sites for hydroxylation is 2. The second kappa shape index (κ2) is 9.92. The highest BCUT2D eigenvalue weighted by Gasteiger charge is 2.64. The molecule has 12 heteroatoms. The number of rotatable bonds is 6. The average Bonchev–Trinajstić information content (AvgIpc) is 3.21. The lowest BCUT2D eigenvalue weighted by Gasteiger charge is -2.44. The normalized spacial score (nSPS) is 23.0. The summed E-state index contributed by atoms with van der Waals surface area (Å²) in [6, 6.07) is 8.63. The number of carbonyl (C=O) groups is 4. The molecular formula is C29H27ClN4O6S. The maximum atomic E-state index is 13.6. The summed E-state index contributed by atoms with van der Waals surface area (Å²) in [6.07, 6.45) is 3.05. The SMILES string of the molecule is CC1(C)SC2C(NC(=O)C(NC(=O)c3cn4c5c(c(Cl)ccc5c3=O)CCC4)c3ccccc3)C(=O)N2C1C(=O)O. The number of amides is 3. The molecule has 0 saturated carbocycles. The molecule has 6 rings (SSSR count). The summed E-state index contributed by atoms with van der Waals surface area (Å²) in [7, 11) is 0. The molecule has 3 N–H and O–H groups in total. The van der Waals surface area contributed by atoms with E-state index in [1.807, 2.05) is 4.57 Å². The van der Waals surface area contributed by atoms with Crippen molar-refractivity contribution >= 4 is 58.0 Å². The van der Waals surface area contributed by atoms with Crippen molar-refractivity contribution in [3.05, 3.63) is 80.6 Å². The van der Waals surface area contributed by atoms with Gasteiger partial charge in [-0.3, -0.25) is 19.2 Å². The van der Waals surface area contributed by atoms with Gasteiger partial charge in [-0.1, -0.05) is 41.9 Å². The van der Waals surface area contributed by atoms with E-state index in [1.165, 1.54) is 22.9 Å². The lowest BCUT2D eigenvalue weighted by atomic mass is 9.95. The number of carboxylic acid groups (broad SMARTS) is 1. The molecule has 1 aromatic heterocycles. The van der Waals surface area contributed by atoms with Crippen molar-refractivity contribution < 1.29 is 24.3 Å². The minimum atomic E-state index is -1.21. The molecule has 4 atom stereocenters. The van der Waals surface area contributed by atoms with Gasteiger partial charge in [0.05, 0.1) is 5.52 Å². The van der Waals surface area contributed by atoms with Gasteiger partial charge in [-0.15, -0.1) is 11.8 Å². The van der Waals surface area contributed by atoms with Crippen LogP contribution in [-0.2, 0) is 27.3 Å². The van der Waals surface area contributed by atoms with Crippen molar-refractivity contribution in [2.45, 2.75) is 61.5 Å². The Labute approximate surface area is 244 Å². The number of pyridine rings is 1. The van der Waals surface area contributed by atoms with Gasteiger partial charge in [-0.05, 0) is 49.9 Å². The number of carboxylic acids is 1. The van der Waals surface area contributed by atoms with Crippen LogP contribution in [-0.4, -0.2) is 60.5 Å². The number of hydrogen-bond donors (Lipinski definition) is 3. The standard InChI is InChI=1S/C29H27ClN4O6S/c1-29(2)23(28(39)40)34-26(38)20(27(34)41-29)32-25(37)19(14-7-4-3-5-8-14)31-24(36)17-13-33-12-6-9-15-18(30)11-10-16(21(15)33)22(17)35/h3-5,7-8,10-11,13,19-20,23,27H,6,9,12H2,1-2H3,(H,31,36)(H,32,37)(H,39,40). The maximum absolute atomic E-state index is 13.6. The van der Waals surface area contributed by atoms with E-state index in [1.54, 1.807) is 56.3 Å². The zero-order chi connectivity index (χ0) is 29.2. The number of halogens is 1. The molecule has 2 saturated heterocycles. The third-order valence-electron chi connectivity index (χ3n) is 8.00. The number of thioether (sulfide) groups is 1. The third-order valence-corrected chi connectivity index (χ3v) is 9.93. The summed E-state index contributed by atoms with van der Waals surface area (Å²) in [5.74, 6) is -2.97. The van der Waals surface area contributed by atoms with Crippen LogP contribution in [0.3, 0.4) is 0 Å². The van der Waals surface area contributed by atoms with E-state index in [9.17, 15) is 29.1 Å². The molecule has 41 heavy (non-hydrogen) atoms. The van der Waals surface area contributed by atoms with Crippen LogP contribution in [0.4, 0.5) is 0 Å². The van der Waals surface area contributed by atoms with Crippen molar-refractivity contribution in [2.24, 2.45) is 0 Å². The van der Waals surface area contributed by atoms with Crippen molar-refractivity contribution in [1.82, 2.24) is 20.1 Å². The van der Waals surface area contributed by atoms with Crippen molar-refractivity contribution in [2.75, 3.05) is 0 Å². The first kappa shape index (κ1) is 27.3. The van der Waals surface area contributed by atoms with Crippen molar-refractivity contribution in [3.63, 3.8) is 0 Å². The Kier molecular flexibility index (Phi) is 6.61. The number of β-lactam (4-membered cyclic amide) rings is 1. The quantitative estimate of drug-likeness (QED) is 0.373. The second-order valence-corrected chi connectivity index (χ2v) is 13.2. The van der Waals surface area contributed by atoms with Gasteiger partial charge in [-0.2, -0.15) is 0 Å². The van der Waals surface area contributed by atoms with Crippen LogP contribution in [0.5, 0.6) is 0 Å². The number of nitrogens with one attached hydrogen (secondary N) is 2. The van der Waals surface area contributed by atoms with Crippen LogP contribution in [0.15, 0.2) is 53.5 Å². The first-order chi connectivity index (χ1) is 19.5. The molecule has 2 fully saturated rings. The largest absolute Gasteiger partial charge is 0.480 e. The van der Waals surface area contributed by atoms with Crippen LogP contribution < -0.4 is 16.1 Å². The van der Waals surface area contributed by atoms with Gasteiger partial charge in [0.25, 0.3) is 5.91 Å². The van der Waals surface area contributed by atoms with Crippen molar-refractivity contribution in [3.8, 4) is 0 Å². The van der Waals surface area contributed by atoms with E-state index in [0.717, 1.165) is 18.4 Å². The molecule has 0 spiro atoms. The molecule has 4 unspecified atom stereocenters. The molecule has 2 aromatic carbocycles. The van der Waals surface area contributed by atoms with Crippen LogP contribution in [0.25, 0.3) is 10.9 Å². The zero-order valence-corrected chi connectivity index (χ0v) is 23.8. The molecule has 0 radical (unpaired) electrons. The van der Waals surface area contributed by atoms with Gasteiger partial charge in [0.15, 0.2) is 0 Å². The van der Waals surface area contributed by atoms with E-state index in [4.69, 9.17) is 11.6 Å². The number of carbonyl (C=O) groups excluding carboxylic acids is 3. The maximum Gasteiger partial charge on any atom is 0.327 e. The van der Waals surface area contributed by atoms with E-state index in [-0.39, 0.29) is 5.56 Å². The first-order valence-corrected chi connectivity index (χ1v) is 14.5. The first-order valence-electron chi connectivity index (χ1n) is 13.2. The Bertz CT molecular complexity index is 1690. The van der Waals surface area contributed by atoms with Crippen LogP contribution in [0.1, 0.15) is 47.8 Å². The second-order valence-electron chi connectivity index (χ2n) is 11.0. The third kappa shape index (κ3) is 4.38. The monoisotopic (exact) mass is 594 g/mol. The summed E-state index contributed by atoms with van der Waals surface area (Å²) < 4.78 is 1.11. The Balaban J connectivity index is 1.29. The number of fused-ring (bicyclic) bond motifs is 1. The van der Waals surface area contributed by atoms with E-state index in [2.05, 4.69) is 10.6 Å². The number of benzene rings is 2. The van der Waals surface area contributed by atoms with Gasteiger partial charge in [0.1, 0.15) is 29.1 Å². The Morgan fingerprint density at radius 2 is 1.85 bits per heavy atom. The molecule has 212 valence electrons. The highest BCUT2D eigenvalue weighted by atomic mass is 35.5. The summed E-state index contributed by atoms with van der Waals surface area (Å²) in [5.41, 5.74) is 1.48. The molecule has 4 heterocycles. The van der Waals surface area contributed by atoms with E-state index in [0.29, 0.717) is 28.0 Å². The average molecular weight is 595 g/mol. The number of nitrogens with zero attached hydrogens (tertiary/aromatic N) is 2. The molecule has 3 amide bonds. The van der Waals surface area contributed by atoms with Gasteiger partial charge in [0.2, 0.25) is 17.2 Å². The summed E-state index contributed by atoms with van der Waals surface area (Å²) in [5, 5.41) is 15.5. The van der Waals surface area contributed by atoms with Crippen LogP contribution in [0, 0.1) is 0 Å². The predicted molar refractivity (Wildman–Crippen MR) is 154 cm³/mol. The molecule has 3 aliphatic rings. The Morgan fingerprint density at radius 1 is 1.12 bits per heavy atom. The lowest BCUT2D eigenvalue weighted by Crippen LogP contribution is -2.71. The fourth-order valence-electron chi connectivity index (χ4n) is 6.09. The highest BCUT2D eigenvalue weighted by molar-refractivity contribution is 8.01. The molecule has 10 nitrogen and oxygen atoms in total. The van der Waals surface area contributed by atoms with Gasteiger partial charge < -0.3 is 25.2 Å². The van der Waals surface area contributed by atoms with Crippen LogP contribution >= 0.6 is 23.4 Å². The molecular weight excluding hydrogens is 568 g/mol. The summed E-state index contributed by atoms with van der Waals surface area (Å²) >= 11 is 7.69. The molecule has 3 aliphatic heterocycles. The zero-order valence-electron chi connectivity index (χ0n) is 22.2. The lowest BCUT2D eigenvalue weighted by molar-refractivity contribution is -0.161. The van der Waals surface area contributed by atoms with E-state index >= 15 is 0 Å². The molecule has 3 aromatic rings. The fourth-order valence-corrected chi connectivity index (χ4v) is 7.96.